The van der Waals surface area contributed by atoms with Crippen LogP contribution in [0.1, 0.15) is 46.5 Å². The van der Waals surface area contributed by atoms with Crippen molar-refractivity contribution < 1.29 is 9.47 Å². The molecular weight excluding hydrogens is 266 g/mol. The number of ether oxygens (including phenoxy) is 2. The normalized spacial score (nSPS) is 32.4. The smallest absolute Gasteiger partial charge is 0.191 e. The maximum absolute atomic E-state index is 5.74. The Kier molecular flexibility index (Phi) is 5.88. The van der Waals surface area contributed by atoms with E-state index in [0.29, 0.717) is 12.1 Å². The lowest BCUT2D eigenvalue weighted by Gasteiger charge is -2.51. The van der Waals surface area contributed by atoms with E-state index >= 15 is 0 Å². The Morgan fingerprint density at radius 1 is 1.38 bits per heavy atom. The summed E-state index contributed by atoms with van der Waals surface area (Å²) in [6.07, 6.45) is 5.23. The van der Waals surface area contributed by atoms with E-state index in [-0.39, 0.29) is 11.5 Å². The fourth-order valence-corrected chi connectivity index (χ4v) is 3.16. The summed E-state index contributed by atoms with van der Waals surface area (Å²) < 4.78 is 11.3. The molecule has 2 rings (SSSR count). The number of nitrogens with zero attached hydrogens (tertiary/aromatic N) is 1. The summed E-state index contributed by atoms with van der Waals surface area (Å²) in [6.45, 7) is 9.09. The van der Waals surface area contributed by atoms with Crippen molar-refractivity contribution >= 4 is 5.96 Å². The number of hydrogen-bond donors (Lipinski definition) is 2. The van der Waals surface area contributed by atoms with Gasteiger partial charge in [-0.2, -0.15) is 0 Å². The minimum atomic E-state index is 0.145. The molecule has 1 saturated heterocycles. The SMILES string of the molecule is CCNC(=NCC1CCCCO1)NC1CC(OC)C1(C)C. The first kappa shape index (κ1) is 16.6. The lowest BCUT2D eigenvalue weighted by Crippen LogP contribution is -2.63. The van der Waals surface area contributed by atoms with Gasteiger partial charge in [0.25, 0.3) is 0 Å². The molecule has 21 heavy (non-hydrogen) atoms. The van der Waals surface area contributed by atoms with Crippen molar-refractivity contribution in [3.63, 3.8) is 0 Å². The molecule has 1 aliphatic carbocycles. The van der Waals surface area contributed by atoms with Gasteiger partial charge in [-0.3, -0.25) is 4.99 Å². The number of hydrogen-bond acceptors (Lipinski definition) is 3. The molecule has 2 N–H and O–H groups in total. The minimum Gasteiger partial charge on any atom is -0.381 e. The van der Waals surface area contributed by atoms with Gasteiger partial charge in [0.2, 0.25) is 0 Å². The Morgan fingerprint density at radius 3 is 2.76 bits per heavy atom. The molecule has 1 saturated carbocycles. The monoisotopic (exact) mass is 297 g/mol. The summed E-state index contributed by atoms with van der Waals surface area (Å²) >= 11 is 0. The van der Waals surface area contributed by atoms with E-state index in [1.54, 1.807) is 7.11 Å². The van der Waals surface area contributed by atoms with Gasteiger partial charge in [-0.05, 0) is 32.6 Å². The summed E-state index contributed by atoms with van der Waals surface area (Å²) in [5.74, 6) is 0.902. The highest BCUT2D eigenvalue weighted by atomic mass is 16.5. The predicted octanol–water partition coefficient (Wildman–Crippen LogP) is 1.92. The van der Waals surface area contributed by atoms with Gasteiger partial charge < -0.3 is 20.1 Å². The van der Waals surface area contributed by atoms with Crippen LogP contribution in [0.3, 0.4) is 0 Å². The molecule has 3 atom stereocenters. The third kappa shape index (κ3) is 4.10. The van der Waals surface area contributed by atoms with Crippen LogP contribution in [0.15, 0.2) is 4.99 Å². The molecule has 2 fully saturated rings. The molecule has 0 aromatic heterocycles. The van der Waals surface area contributed by atoms with Crippen molar-refractivity contribution in [2.75, 3.05) is 26.8 Å². The van der Waals surface area contributed by atoms with Gasteiger partial charge >= 0.3 is 0 Å². The molecule has 122 valence electrons. The van der Waals surface area contributed by atoms with E-state index in [1.165, 1.54) is 12.8 Å². The van der Waals surface area contributed by atoms with E-state index in [1.807, 2.05) is 0 Å². The first-order chi connectivity index (χ1) is 10.1. The third-order valence-electron chi connectivity index (χ3n) is 4.84. The topological polar surface area (TPSA) is 54.9 Å². The third-order valence-corrected chi connectivity index (χ3v) is 4.84. The average Bonchev–Trinajstić information content (AvgIpc) is 2.49. The van der Waals surface area contributed by atoms with Gasteiger partial charge in [-0.1, -0.05) is 13.8 Å². The molecule has 0 aromatic rings. The quantitative estimate of drug-likeness (QED) is 0.601. The number of nitrogens with one attached hydrogen (secondary N) is 2. The van der Waals surface area contributed by atoms with Crippen molar-refractivity contribution in [3.8, 4) is 0 Å². The van der Waals surface area contributed by atoms with Crippen molar-refractivity contribution in [1.82, 2.24) is 10.6 Å². The fraction of sp³-hybridized carbons (Fsp3) is 0.938. The molecule has 5 heteroatoms. The zero-order chi connectivity index (χ0) is 15.3. The lowest BCUT2D eigenvalue weighted by atomic mass is 9.64. The zero-order valence-electron chi connectivity index (χ0n) is 13.9. The largest absolute Gasteiger partial charge is 0.381 e. The second-order valence-electron chi connectivity index (χ2n) is 6.69. The molecule has 3 unspecified atom stereocenters. The maximum atomic E-state index is 5.74. The standard InChI is InChI=1S/C16H31N3O2/c1-5-17-15(18-11-12-8-6-7-9-21-12)19-13-10-14(20-4)16(13,2)3/h12-14H,5-11H2,1-4H3,(H2,17,18,19). The van der Waals surface area contributed by atoms with Crippen LogP contribution in [0, 0.1) is 5.41 Å². The Balaban J connectivity index is 1.86. The second kappa shape index (κ2) is 7.45. The van der Waals surface area contributed by atoms with Crippen molar-refractivity contribution in [3.05, 3.63) is 0 Å². The Labute approximate surface area is 128 Å². The maximum Gasteiger partial charge on any atom is 0.191 e. The van der Waals surface area contributed by atoms with Crippen LogP contribution in [-0.2, 0) is 9.47 Å². The van der Waals surface area contributed by atoms with Crippen LogP contribution >= 0.6 is 0 Å². The van der Waals surface area contributed by atoms with Crippen LogP contribution < -0.4 is 10.6 Å². The summed E-state index contributed by atoms with van der Waals surface area (Å²) in [7, 11) is 1.79. The zero-order valence-corrected chi connectivity index (χ0v) is 13.9. The molecule has 0 bridgehead atoms. The number of methoxy groups -OCH3 is 1. The number of rotatable bonds is 5. The number of guanidine groups is 1. The summed E-state index contributed by atoms with van der Waals surface area (Å²) in [5.41, 5.74) is 0.145. The van der Waals surface area contributed by atoms with Gasteiger partial charge in [0.1, 0.15) is 0 Å². The van der Waals surface area contributed by atoms with Crippen LogP contribution in [0.5, 0.6) is 0 Å². The molecule has 1 aliphatic heterocycles. The predicted molar refractivity (Wildman–Crippen MR) is 85.7 cm³/mol. The van der Waals surface area contributed by atoms with Crippen molar-refractivity contribution in [2.24, 2.45) is 10.4 Å². The molecule has 0 aromatic carbocycles. The summed E-state index contributed by atoms with van der Waals surface area (Å²) in [4.78, 5) is 4.70. The first-order valence-electron chi connectivity index (χ1n) is 8.27. The van der Waals surface area contributed by atoms with E-state index in [4.69, 9.17) is 14.5 Å². The van der Waals surface area contributed by atoms with E-state index in [2.05, 4.69) is 31.4 Å². The highest BCUT2D eigenvalue weighted by molar-refractivity contribution is 5.80. The van der Waals surface area contributed by atoms with Crippen molar-refractivity contribution in [1.29, 1.82) is 0 Å². The van der Waals surface area contributed by atoms with E-state index in [9.17, 15) is 0 Å². The van der Waals surface area contributed by atoms with Gasteiger partial charge in [-0.25, -0.2) is 0 Å². The van der Waals surface area contributed by atoms with Crippen LogP contribution in [0.25, 0.3) is 0 Å². The fourth-order valence-electron chi connectivity index (χ4n) is 3.16. The molecule has 5 nitrogen and oxygen atoms in total. The van der Waals surface area contributed by atoms with Crippen LogP contribution in [0.4, 0.5) is 0 Å². The summed E-state index contributed by atoms with van der Waals surface area (Å²) in [6, 6.07) is 0.410. The Morgan fingerprint density at radius 2 is 2.19 bits per heavy atom. The van der Waals surface area contributed by atoms with Crippen molar-refractivity contribution in [2.45, 2.75) is 64.7 Å². The van der Waals surface area contributed by atoms with Crippen LogP contribution in [0.2, 0.25) is 0 Å². The van der Waals surface area contributed by atoms with Gasteiger partial charge in [-0.15, -0.1) is 0 Å². The summed E-state index contributed by atoms with van der Waals surface area (Å²) in [5, 5.41) is 6.89. The molecule has 0 radical (unpaired) electrons. The van der Waals surface area contributed by atoms with Gasteiger partial charge in [0, 0.05) is 31.7 Å². The second-order valence-corrected chi connectivity index (χ2v) is 6.69. The number of aliphatic imine (C=N–C) groups is 1. The molecule has 0 spiro atoms. The minimum absolute atomic E-state index is 0.145. The van der Waals surface area contributed by atoms with E-state index in [0.717, 1.165) is 38.5 Å². The lowest BCUT2D eigenvalue weighted by molar-refractivity contribution is -0.0922. The molecule has 1 heterocycles. The van der Waals surface area contributed by atoms with Crippen LogP contribution in [-0.4, -0.2) is 51.0 Å². The van der Waals surface area contributed by atoms with E-state index < -0.39 is 0 Å². The first-order valence-corrected chi connectivity index (χ1v) is 8.27. The van der Waals surface area contributed by atoms with Gasteiger partial charge in [0.05, 0.1) is 18.8 Å². The highest BCUT2D eigenvalue weighted by Gasteiger charge is 2.48. The molecular formula is C16H31N3O2. The Hall–Kier alpha value is -0.810. The highest BCUT2D eigenvalue weighted by Crippen LogP contribution is 2.42. The molecule has 0 amide bonds. The Bertz CT molecular complexity index is 351. The van der Waals surface area contributed by atoms with Gasteiger partial charge in [0.15, 0.2) is 5.96 Å². The average molecular weight is 297 g/mol. The molecule has 2 aliphatic rings.